The van der Waals surface area contributed by atoms with Gasteiger partial charge in [-0.25, -0.2) is 0 Å². The van der Waals surface area contributed by atoms with E-state index in [9.17, 15) is 9.59 Å². The molecule has 1 amide bonds. The molecule has 0 bridgehead atoms. The van der Waals surface area contributed by atoms with E-state index in [0.717, 1.165) is 5.56 Å². The molecule has 136 valence electrons. The molecule has 1 N–H and O–H groups in total. The van der Waals surface area contributed by atoms with E-state index < -0.39 is 0 Å². The summed E-state index contributed by atoms with van der Waals surface area (Å²) in [6.45, 7) is 0.225. The monoisotopic (exact) mass is 379 g/mol. The zero-order chi connectivity index (χ0) is 19.1. The summed E-state index contributed by atoms with van der Waals surface area (Å²) in [5, 5.41) is 3.37. The number of benzene rings is 3. The van der Waals surface area contributed by atoms with Crippen molar-refractivity contribution in [2.75, 3.05) is 6.61 Å². The van der Waals surface area contributed by atoms with E-state index in [1.807, 2.05) is 36.4 Å². The fourth-order valence-electron chi connectivity index (χ4n) is 2.49. The fourth-order valence-corrected chi connectivity index (χ4v) is 2.70. The summed E-state index contributed by atoms with van der Waals surface area (Å²) in [6, 6.07) is 23.1. The molecule has 0 saturated carbocycles. The van der Waals surface area contributed by atoms with Crippen LogP contribution in [-0.4, -0.2) is 18.3 Å². The van der Waals surface area contributed by atoms with Gasteiger partial charge in [0.25, 0.3) is 5.91 Å². The first-order valence-electron chi connectivity index (χ1n) is 8.46. The van der Waals surface area contributed by atoms with Crippen molar-refractivity contribution in [2.45, 2.75) is 6.54 Å². The molecule has 27 heavy (non-hydrogen) atoms. The quantitative estimate of drug-likeness (QED) is 0.624. The minimum Gasteiger partial charge on any atom is -0.484 e. The number of rotatable bonds is 7. The highest BCUT2D eigenvalue weighted by Crippen LogP contribution is 2.16. The summed E-state index contributed by atoms with van der Waals surface area (Å²) in [7, 11) is 0. The molecule has 0 heterocycles. The van der Waals surface area contributed by atoms with E-state index in [1.165, 1.54) is 0 Å². The van der Waals surface area contributed by atoms with Crippen LogP contribution in [0.2, 0.25) is 5.02 Å². The number of halogens is 1. The number of carbonyl (C=O) groups excluding carboxylic acids is 2. The smallest absolute Gasteiger partial charge is 0.258 e. The van der Waals surface area contributed by atoms with Gasteiger partial charge in [0.05, 0.1) is 0 Å². The van der Waals surface area contributed by atoms with Crippen LogP contribution in [0.5, 0.6) is 5.75 Å². The molecule has 0 radical (unpaired) electrons. The molecule has 3 rings (SSSR count). The maximum absolute atomic E-state index is 12.4. The minimum absolute atomic E-state index is 0.0559. The van der Waals surface area contributed by atoms with Crippen LogP contribution in [0, 0.1) is 0 Å². The van der Waals surface area contributed by atoms with E-state index in [-0.39, 0.29) is 18.3 Å². The van der Waals surface area contributed by atoms with Crippen LogP contribution in [0.15, 0.2) is 78.9 Å². The lowest BCUT2D eigenvalue weighted by molar-refractivity contribution is -0.123. The second kappa shape index (κ2) is 9.01. The van der Waals surface area contributed by atoms with Crippen LogP contribution in [-0.2, 0) is 11.3 Å². The Labute approximate surface area is 162 Å². The fraction of sp³-hybridized carbons (Fsp3) is 0.0909. The van der Waals surface area contributed by atoms with Crippen molar-refractivity contribution in [3.63, 3.8) is 0 Å². The highest BCUT2D eigenvalue weighted by atomic mass is 35.5. The summed E-state index contributed by atoms with van der Waals surface area (Å²) in [6.07, 6.45) is 0. The molecule has 3 aromatic rings. The van der Waals surface area contributed by atoms with E-state index >= 15 is 0 Å². The normalized spacial score (nSPS) is 10.3. The molecule has 4 nitrogen and oxygen atoms in total. The second-order valence-corrected chi connectivity index (χ2v) is 6.28. The number of ether oxygens (including phenoxy) is 1. The summed E-state index contributed by atoms with van der Waals surface area (Å²) >= 11 is 6.06. The first-order chi connectivity index (χ1) is 13.1. The number of hydrogen-bond acceptors (Lipinski definition) is 3. The Kier molecular flexibility index (Phi) is 6.23. The van der Waals surface area contributed by atoms with Gasteiger partial charge < -0.3 is 10.1 Å². The summed E-state index contributed by atoms with van der Waals surface area (Å²) in [5.41, 5.74) is 2.04. The first kappa shape index (κ1) is 18.7. The van der Waals surface area contributed by atoms with E-state index in [0.29, 0.717) is 28.4 Å². The van der Waals surface area contributed by atoms with E-state index in [4.69, 9.17) is 16.3 Å². The highest BCUT2D eigenvalue weighted by Gasteiger charge is 2.09. The van der Waals surface area contributed by atoms with Crippen molar-refractivity contribution in [2.24, 2.45) is 0 Å². The lowest BCUT2D eigenvalue weighted by Crippen LogP contribution is -2.28. The number of amides is 1. The molecule has 0 aromatic heterocycles. The number of nitrogens with one attached hydrogen (secondary N) is 1. The number of ketones is 1. The second-order valence-electron chi connectivity index (χ2n) is 5.88. The van der Waals surface area contributed by atoms with Gasteiger partial charge in [-0.1, -0.05) is 60.1 Å². The van der Waals surface area contributed by atoms with Crippen molar-refractivity contribution in [3.8, 4) is 5.75 Å². The third-order valence-electron chi connectivity index (χ3n) is 3.96. The van der Waals surface area contributed by atoms with Gasteiger partial charge in [-0.3, -0.25) is 9.59 Å². The van der Waals surface area contributed by atoms with Crippen molar-refractivity contribution in [1.82, 2.24) is 5.32 Å². The average Bonchev–Trinajstić information content (AvgIpc) is 2.72. The zero-order valence-electron chi connectivity index (χ0n) is 14.5. The predicted molar refractivity (Wildman–Crippen MR) is 105 cm³/mol. The Bertz CT molecular complexity index is 924. The molecule has 0 aliphatic carbocycles. The van der Waals surface area contributed by atoms with Gasteiger partial charge in [0.2, 0.25) is 0 Å². The lowest BCUT2D eigenvalue weighted by Gasteiger charge is -2.09. The molecule has 0 aliphatic heterocycles. The van der Waals surface area contributed by atoms with Gasteiger partial charge >= 0.3 is 0 Å². The largest absolute Gasteiger partial charge is 0.484 e. The van der Waals surface area contributed by atoms with Crippen LogP contribution in [0.25, 0.3) is 0 Å². The Morgan fingerprint density at radius 3 is 2.15 bits per heavy atom. The maximum atomic E-state index is 12.4. The zero-order valence-corrected chi connectivity index (χ0v) is 15.3. The third kappa shape index (κ3) is 5.19. The molecule has 0 aliphatic rings. The standard InChI is InChI=1S/C22H18ClNO3/c23-20-9-5-4-8-18(20)14-24-21(25)15-27-19-12-10-17(11-13-19)22(26)16-6-2-1-3-7-16/h1-13H,14-15H2,(H,24,25). The third-order valence-corrected chi connectivity index (χ3v) is 4.32. The maximum Gasteiger partial charge on any atom is 0.258 e. The van der Waals surface area contributed by atoms with Crippen molar-refractivity contribution in [1.29, 1.82) is 0 Å². The van der Waals surface area contributed by atoms with Gasteiger partial charge in [-0.15, -0.1) is 0 Å². The first-order valence-corrected chi connectivity index (χ1v) is 8.84. The van der Waals surface area contributed by atoms with Gasteiger partial charge in [0.1, 0.15) is 5.75 Å². The molecule has 0 atom stereocenters. The highest BCUT2D eigenvalue weighted by molar-refractivity contribution is 6.31. The SMILES string of the molecule is O=C(COc1ccc(C(=O)c2ccccc2)cc1)NCc1ccccc1Cl. The van der Waals surface area contributed by atoms with Gasteiger partial charge in [-0.2, -0.15) is 0 Å². The Hall–Kier alpha value is -3.11. The molecule has 5 heteroatoms. The van der Waals surface area contributed by atoms with Gasteiger partial charge in [-0.05, 0) is 35.9 Å². The Balaban J connectivity index is 1.50. The Morgan fingerprint density at radius 1 is 0.815 bits per heavy atom. The molecule has 0 saturated heterocycles. The van der Waals surface area contributed by atoms with Crippen LogP contribution in [0.4, 0.5) is 0 Å². The molecule has 0 unspecified atom stereocenters. The summed E-state index contributed by atoms with van der Waals surface area (Å²) in [4.78, 5) is 24.3. The van der Waals surface area contributed by atoms with Crippen LogP contribution >= 0.6 is 11.6 Å². The molecule has 0 fully saturated rings. The lowest BCUT2D eigenvalue weighted by atomic mass is 10.0. The summed E-state index contributed by atoms with van der Waals surface area (Å²) in [5.74, 6) is 0.214. The molecule has 0 spiro atoms. The Morgan fingerprint density at radius 2 is 1.44 bits per heavy atom. The van der Waals surface area contributed by atoms with Crippen LogP contribution in [0.3, 0.4) is 0 Å². The molecular weight excluding hydrogens is 362 g/mol. The number of hydrogen-bond donors (Lipinski definition) is 1. The van der Waals surface area contributed by atoms with Crippen LogP contribution < -0.4 is 10.1 Å². The van der Waals surface area contributed by atoms with Crippen molar-refractivity contribution in [3.05, 3.63) is 101 Å². The van der Waals surface area contributed by atoms with Crippen molar-refractivity contribution >= 4 is 23.3 Å². The summed E-state index contributed by atoms with van der Waals surface area (Å²) < 4.78 is 5.47. The average molecular weight is 380 g/mol. The minimum atomic E-state index is -0.251. The molecular formula is C22H18ClNO3. The molecule has 3 aromatic carbocycles. The number of carbonyl (C=O) groups is 2. The predicted octanol–water partition coefficient (Wildman–Crippen LogP) is 4.27. The van der Waals surface area contributed by atoms with Gasteiger partial charge in [0.15, 0.2) is 12.4 Å². The van der Waals surface area contributed by atoms with E-state index in [1.54, 1.807) is 42.5 Å². The van der Waals surface area contributed by atoms with E-state index in [2.05, 4.69) is 5.32 Å². The van der Waals surface area contributed by atoms with Crippen molar-refractivity contribution < 1.29 is 14.3 Å². The van der Waals surface area contributed by atoms with Gasteiger partial charge in [0, 0.05) is 22.7 Å². The van der Waals surface area contributed by atoms with Crippen LogP contribution in [0.1, 0.15) is 21.5 Å². The topological polar surface area (TPSA) is 55.4 Å².